The Bertz CT molecular complexity index is 1710. The van der Waals surface area contributed by atoms with Crippen LogP contribution in [0.15, 0.2) is 83.6 Å². The number of hydrogen-bond acceptors (Lipinski definition) is 7. The zero-order valence-corrected chi connectivity index (χ0v) is 24.1. The Hall–Kier alpha value is -4.80. The Morgan fingerprint density at radius 2 is 1.50 bits per heavy atom. The van der Waals surface area contributed by atoms with Gasteiger partial charge >= 0.3 is 6.03 Å². The van der Waals surface area contributed by atoms with Crippen LogP contribution in [0, 0.1) is 0 Å². The Morgan fingerprint density at radius 3 is 2.14 bits per heavy atom. The molecule has 1 saturated heterocycles. The average Bonchev–Trinajstić information content (AvgIpc) is 3.56. The summed E-state index contributed by atoms with van der Waals surface area (Å²) in [5.41, 5.74) is 5.78. The van der Waals surface area contributed by atoms with Crippen LogP contribution in [0.1, 0.15) is 10.4 Å². The molecule has 3 heterocycles. The molecule has 3 aromatic carbocycles. The normalized spacial score (nSPS) is 13.1. The summed E-state index contributed by atoms with van der Waals surface area (Å²) in [6.45, 7) is 2.86. The van der Waals surface area contributed by atoms with Crippen molar-refractivity contribution in [3.8, 4) is 22.5 Å². The van der Waals surface area contributed by atoms with Crippen molar-refractivity contribution in [3.63, 3.8) is 0 Å². The first-order valence-electron chi connectivity index (χ1n) is 13.6. The molecule has 1 aliphatic rings. The molecule has 0 bridgehead atoms. The quantitative estimate of drug-likeness (QED) is 0.249. The first-order chi connectivity index (χ1) is 20.4. The van der Waals surface area contributed by atoms with Gasteiger partial charge < -0.3 is 25.2 Å². The summed E-state index contributed by atoms with van der Waals surface area (Å²) < 4.78 is 5.58. The lowest BCUT2D eigenvalue weighted by Gasteiger charge is -2.29. The molecule has 1 aliphatic heterocycles. The Kier molecular flexibility index (Phi) is 7.81. The van der Waals surface area contributed by atoms with E-state index in [0.717, 1.165) is 40.9 Å². The highest BCUT2D eigenvalue weighted by molar-refractivity contribution is 7.08. The van der Waals surface area contributed by atoms with Crippen molar-refractivity contribution in [3.05, 3.63) is 89.1 Å². The summed E-state index contributed by atoms with van der Waals surface area (Å²) in [5.74, 6) is 1.42. The summed E-state index contributed by atoms with van der Waals surface area (Å²) in [7, 11) is 3.40. The van der Waals surface area contributed by atoms with Gasteiger partial charge in [0.2, 0.25) is 0 Å². The molecule has 0 spiro atoms. The topological polar surface area (TPSA) is 99.7 Å². The number of aromatic nitrogens is 2. The molecule has 5 aromatic rings. The van der Waals surface area contributed by atoms with Crippen LogP contribution < -0.4 is 15.5 Å². The third-order valence-corrected chi connectivity index (χ3v) is 7.72. The fourth-order valence-electron chi connectivity index (χ4n) is 4.82. The van der Waals surface area contributed by atoms with Crippen LogP contribution in [0.3, 0.4) is 0 Å². The second-order valence-electron chi connectivity index (χ2n) is 10.1. The maximum absolute atomic E-state index is 12.6. The van der Waals surface area contributed by atoms with Crippen molar-refractivity contribution < 1.29 is 14.3 Å². The van der Waals surface area contributed by atoms with Gasteiger partial charge in [0.05, 0.1) is 18.7 Å². The number of hydrogen-bond donors (Lipinski definition) is 2. The summed E-state index contributed by atoms with van der Waals surface area (Å²) >= 11 is 1.67. The van der Waals surface area contributed by atoms with Crippen molar-refractivity contribution in [1.82, 2.24) is 14.9 Å². The molecule has 0 saturated carbocycles. The number of fused-ring (bicyclic) bond motifs is 1. The van der Waals surface area contributed by atoms with Crippen LogP contribution in [-0.4, -0.2) is 67.2 Å². The molecule has 0 aliphatic carbocycles. The molecule has 0 radical (unpaired) electrons. The molecule has 3 amide bonds. The van der Waals surface area contributed by atoms with Gasteiger partial charge in [-0.25, -0.2) is 14.8 Å². The number of carbonyl (C=O) groups excluding carboxylic acids is 2. The largest absolute Gasteiger partial charge is 0.378 e. The molecule has 42 heavy (non-hydrogen) atoms. The number of benzene rings is 3. The van der Waals surface area contributed by atoms with Crippen LogP contribution in [0.25, 0.3) is 33.4 Å². The molecule has 212 valence electrons. The fourth-order valence-corrected chi connectivity index (χ4v) is 5.48. The van der Waals surface area contributed by atoms with Crippen LogP contribution in [0.2, 0.25) is 0 Å². The second-order valence-corrected chi connectivity index (χ2v) is 10.9. The number of rotatable bonds is 6. The van der Waals surface area contributed by atoms with Crippen LogP contribution in [0.5, 0.6) is 0 Å². The minimum absolute atomic E-state index is 0.0959. The van der Waals surface area contributed by atoms with Gasteiger partial charge in [-0.05, 0) is 88.6 Å². The molecule has 9 nitrogen and oxygen atoms in total. The fraction of sp³-hybridized carbons (Fsp3) is 0.188. The average molecular weight is 579 g/mol. The van der Waals surface area contributed by atoms with Crippen LogP contribution >= 0.6 is 11.3 Å². The van der Waals surface area contributed by atoms with Gasteiger partial charge in [-0.3, -0.25) is 4.79 Å². The number of anilines is 3. The van der Waals surface area contributed by atoms with Gasteiger partial charge in [0, 0.05) is 55.1 Å². The molecular weight excluding hydrogens is 548 g/mol. The molecule has 10 heteroatoms. The van der Waals surface area contributed by atoms with E-state index < -0.39 is 0 Å². The van der Waals surface area contributed by atoms with E-state index in [1.807, 2.05) is 24.3 Å². The standard InChI is InChI=1S/C32H30N6O3S/c1-37(2)31(39)22-5-10-26(11-6-22)34-32(40)33-25-8-3-21(4-9-25)29-35-28-19-23(24-13-18-42-20-24)7-12-27(28)30(36-29)38-14-16-41-17-15-38/h3-13,18-20H,14-17H2,1-2H3,(H2,33,34,40). The van der Waals surface area contributed by atoms with Crippen LogP contribution in [0.4, 0.5) is 22.0 Å². The zero-order chi connectivity index (χ0) is 29.1. The van der Waals surface area contributed by atoms with E-state index in [2.05, 4.69) is 50.6 Å². The van der Waals surface area contributed by atoms with Crippen molar-refractivity contribution in [2.75, 3.05) is 55.9 Å². The van der Waals surface area contributed by atoms with Crippen molar-refractivity contribution >= 4 is 51.4 Å². The first kappa shape index (κ1) is 27.4. The predicted octanol–water partition coefficient (Wildman–Crippen LogP) is 6.21. The van der Waals surface area contributed by atoms with Gasteiger partial charge in [0.15, 0.2) is 5.82 Å². The smallest absolute Gasteiger partial charge is 0.323 e. The summed E-state index contributed by atoms with van der Waals surface area (Å²) in [6.07, 6.45) is 0. The van der Waals surface area contributed by atoms with E-state index in [4.69, 9.17) is 14.7 Å². The van der Waals surface area contributed by atoms with Crippen molar-refractivity contribution in [1.29, 1.82) is 0 Å². The number of nitrogens with zero attached hydrogens (tertiary/aromatic N) is 4. The lowest BCUT2D eigenvalue weighted by Crippen LogP contribution is -2.37. The highest BCUT2D eigenvalue weighted by atomic mass is 32.1. The van der Waals surface area contributed by atoms with E-state index in [1.165, 1.54) is 10.5 Å². The number of thiophene rings is 1. The zero-order valence-electron chi connectivity index (χ0n) is 23.3. The van der Waals surface area contributed by atoms with E-state index in [0.29, 0.717) is 36.0 Å². The van der Waals surface area contributed by atoms with Gasteiger partial charge in [-0.2, -0.15) is 11.3 Å². The number of amides is 3. The Labute approximate surface area is 247 Å². The number of morpholine rings is 1. The monoisotopic (exact) mass is 578 g/mol. The first-order valence-corrected chi connectivity index (χ1v) is 14.6. The minimum atomic E-state index is -0.382. The third kappa shape index (κ3) is 5.95. The van der Waals surface area contributed by atoms with E-state index in [1.54, 1.807) is 49.7 Å². The second kappa shape index (κ2) is 12.0. The summed E-state index contributed by atoms with van der Waals surface area (Å²) in [5, 5.41) is 10.9. The summed E-state index contributed by atoms with van der Waals surface area (Å²) in [4.78, 5) is 38.4. The number of ether oxygens (including phenoxy) is 1. The van der Waals surface area contributed by atoms with E-state index in [9.17, 15) is 9.59 Å². The van der Waals surface area contributed by atoms with E-state index in [-0.39, 0.29) is 11.9 Å². The Balaban J connectivity index is 1.22. The van der Waals surface area contributed by atoms with Gasteiger partial charge in [-0.15, -0.1) is 0 Å². The SMILES string of the molecule is CN(C)C(=O)c1ccc(NC(=O)Nc2ccc(-c3nc(N4CCOCC4)c4ccc(-c5ccsc5)cc4n3)cc2)cc1. The summed E-state index contributed by atoms with van der Waals surface area (Å²) in [6, 6.07) is 22.3. The number of carbonyl (C=O) groups is 2. The maximum Gasteiger partial charge on any atom is 0.323 e. The van der Waals surface area contributed by atoms with Gasteiger partial charge in [-0.1, -0.05) is 6.07 Å². The van der Waals surface area contributed by atoms with E-state index >= 15 is 0 Å². The van der Waals surface area contributed by atoms with Gasteiger partial charge in [0.1, 0.15) is 5.82 Å². The van der Waals surface area contributed by atoms with Crippen molar-refractivity contribution in [2.24, 2.45) is 0 Å². The molecular formula is C32H30N6O3S. The maximum atomic E-state index is 12.6. The number of urea groups is 1. The minimum Gasteiger partial charge on any atom is -0.378 e. The molecule has 6 rings (SSSR count). The molecule has 0 unspecified atom stereocenters. The van der Waals surface area contributed by atoms with Crippen LogP contribution in [-0.2, 0) is 4.74 Å². The molecule has 2 N–H and O–H groups in total. The van der Waals surface area contributed by atoms with Gasteiger partial charge in [0.25, 0.3) is 5.91 Å². The Morgan fingerprint density at radius 1 is 0.833 bits per heavy atom. The molecule has 0 atom stereocenters. The number of nitrogens with one attached hydrogen (secondary N) is 2. The molecule has 1 fully saturated rings. The third-order valence-electron chi connectivity index (χ3n) is 7.04. The highest BCUT2D eigenvalue weighted by Crippen LogP contribution is 2.32. The lowest BCUT2D eigenvalue weighted by atomic mass is 10.1. The predicted molar refractivity (Wildman–Crippen MR) is 168 cm³/mol. The lowest BCUT2D eigenvalue weighted by molar-refractivity contribution is 0.0827. The van der Waals surface area contributed by atoms with Crippen molar-refractivity contribution in [2.45, 2.75) is 0 Å². The highest BCUT2D eigenvalue weighted by Gasteiger charge is 2.19. The molecule has 2 aromatic heterocycles.